The molecule has 3 aromatic carbocycles. The number of hydrogen-bond acceptors (Lipinski definition) is 4. The maximum absolute atomic E-state index is 10.4. The highest BCUT2D eigenvalue weighted by Crippen LogP contribution is 2.12. The van der Waals surface area contributed by atoms with E-state index in [9.17, 15) is 13.0 Å². The van der Waals surface area contributed by atoms with E-state index < -0.39 is 10.1 Å². The van der Waals surface area contributed by atoms with Crippen molar-refractivity contribution in [1.29, 1.82) is 0 Å². The molecule has 190 valence electrons. The molecule has 0 radical (unpaired) electrons. The average Bonchev–Trinajstić information content (AvgIpc) is 2.85. The molecule has 0 spiro atoms. The first-order valence-corrected chi connectivity index (χ1v) is 15.9. The van der Waals surface area contributed by atoms with Crippen molar-refractivity contribution in [2.45, 2.75) is 70.1 Å². The standard InChI is InChI=1S/C22H30IO.C7H8O3S/c1-2-3-4-5-6-7-8-12-19-24-22-17-15-21(16-18-22)23-20-13-10-9-11-14-20;1-6-2-4-7(5-3-6)11(8,9)10/h9-11,13-18H,2-8,12,19H2,1H3;2-5H,1H3,(H,8,9,10)/q+1;/p-1. The summed E-state index contributed by atoms with van der Waals surface area (Å²) >= 11 is -0.0686. The Labute approximate surface area is 222 Å². The molecule has 0 aliphatic rings. The fourth-order valence-electron chi connectivity index (χ4n) is 3.33. The van der Waals surface area contributed by atoms with Crippen molar-refractivity contribution in [3.05, 3.63) is 91.6 Å². The lowest BCUT2D eigenvalue weighted by molar-refractivity contribution is -0.597. The summed E-state index contributed by atoms with van der Waals surface area (Å²) in [5.74, 6) is 1.01. The molecule has 0 fully saturated rings. The van der Waals surface area contributed by atoms with Gasteiger partial charge in [0, 0.05) is 0 Å². The summed E-state index contributed by atoms with van der Waals surface area (Å²) in [7, 11) is -4.27. The van der Waals surface area contributed by atoms with Crippen molar-refractivity contribution >= 4 is 10.1 Å². The molecule has 0 bridgehead atoms. The Morgan fingerprint density at radius 2 is 1.26 bits per heavy atom. The van der Waals surface area contributed by atoms with Gasteiger partial charge in [-0.15, -0.1) is 0 Å². The molecule has 0 aliphatic carbocycles. The van der Waals surface area contributed by atoms with Crippen LogP contribution in [0.4, 0.5) is 0 Å². The molecule has 0 amide bonds. The molecule has 0 saturated heterocycles. The minimum atomic E-state index is -4.27. The van der Waals surface area contributed by atoms with Gasteiger partial charge in [0.05, 0.1) is 11.5 Å². The van der Waals surface area contributed by atoms with E-state index in [1.54, 1.807) is 12.1 Å². The number of benzene rings is 3. The van der Waals surface area contributed by atoms with Crippen molar-refractivity contribution in [2.75, 3.05) is 6.61 Å². The number of hydrogen-bond donors (Lipinski definition) is 0. The summed E-state index contributed by atoms with van der Waals surface area (Å²) < 4.78 is 39.9. The second-order valence-electron chi connectivity index (χ2n) is 8.43. The predicted molar refractivity (Wildman–Crippen MR) is 138 cm³/mol. The normalized spacial score (nSPS) is 10.9. The second kappa shape index (κ2) is 16.7. The van der Waals surface area contributed by atoms with Crippen LogP contribution in [0.1, 0.15) is 63.9 Å². The number of halogens is 1. The highest BCUT2D eigenvalue weighted by atomic mass is 127. The SMILES string of the molecule is CCCCCCCCCCOc1ccc([I+]c2ccccc2)cc1.Cc1ccc(S(=O)(=O)[O-])cc1. The fraction of sp³-hybridized carbons (Fsp3) is 0.379. The van der Waals surface area contributed by atoms with Gasteiger partial charge in [-0.3, -0.25) is 0 Å². The number of ether oxygens (including phenoxy) is 1. The third-order valence-electron chi connectivity index (χ3n) is 5.34. The zero-order valence-corrected chi connectivity index (χ0v) is 23.8. The molecule has 0 aromatic heterocycles. The Bertz CT molecular complexity index is 1050. The quantitative estimate of drug-likeness (QED) is 0.166. The van der Waals surface area contributed by atoms with Gasteiger partial charge >= 0.3 is 21.2 Å². The zero-order valence-electron chi connectivity index (χ0n) is 20.8. The molecule has 35 heavy (non-hydrogen) atoms. The van der Waals surface area contributed by atoms with Crippen LogP contribution in [0.15, 0.2) is 83.8 Å². The number of unbranched alkanes of at least 4 members (excludes halogenated alkanes) is 7. The van der Waals surface area contributed by atoms with Gasteiger partial charge < -0.3 is 9.29 Å². The molecule has 0 aliphatic heterocycles. The molecule has 0 N–H and O–H groups in total. The van der Waals surface area contributed by atoms with Crippen molar-refractivity contribution in [2.24, 2.45) is 0 Å². The van der Waals surface area contributed by atoms with Crippen LogP contribution in [0.25, 0.3) is 0 Å². The molecule has 0 saturated carbocycles. The highest BCUT2D eigenvalue weighted by Gasteiger charge is 2.14. The zero-order chi connectivity index (χ0) is 25.4. The minimum Gasteiger partial charge on any atom is -0.744 e. The Morgan fingerprint density at radius 1 is 0.714 bits per heavy atom. The summed E-state index contributed by atoms with van der Waals surface area (Å²) in [5, 5.41) is 0. The van der Waals surface area contributed by atoms with Gasteiger partial charge in [0.2, 0.25) is 0 Å². The summed E-state index contributed by atoms with van der Waals surface area (Å²) in [6.45, 7) is 4.94. The smallest absolute Gasteiger partial charge is 0.357 e. The van der Waals surface area contributed by atoms with E-state index in [1.165, 1.54) is 70.6 Å². The molecule has 3 rings (SSSR count). The van der Waals surface area contributed by atoms with Gasteiger partial charge in [0.1, 0.15) is 15.9 Å². The van der Waals surface area contributed by atoms with E-state index in [1.807, 2.05) is 6.92 Å². The van der Waals surface area contributed by atoms with Crippen LogP contribution in [0, 0.1) is 14.1 Å². The monoisotopic (exact) mass is 608 g/mol. The molecule has 0 atom stereocenters. The predicted octanol–water partition coefficient (Wildman–Crippen LogP) is 4.23. The lowest BCUT2D eigenvalue weighted by Gasteiger charge is -2.05. The minimum absolute atomic E-state index is 0.0686. The highest BCUT2D eigenvalue weighted by molar-refractivity contribution is 7.85. The van der Waals surface area contributed by atoms with E-state index in [0.717, 1.165) is 17.9 Å². The summed E-state index contributed by atoms with van der Waals surface area (Å²) in [6, 6.07) is 25.3. The number of rotatable bonds is 13. The first-order valence-electron chi connectivity index (χ1n) is 12.3. The van der Waals surface area contributed by atoms with E-state index in [2.05, 4.69) is 61.5 Å². The van der Waals surface area contributed by atoms with Crippen LogP contribution in [-0.4, -0.2) is 19.6 Å². The van der Waals surface area contributed by atoms with Crippen LogP contribution in [0.3, 0.4) is 0 Å². The van der Waals surface area contributed by atoms with Gasteiger partial charge in [0.25, 0.3) is 0 Å². The van der Waals surface area contributed by atoms with Crippen LogP contribution in [0.5, 0.6) is 5.75 Å². The summed E-state index contributed by atoms with van der Waals surface area (Å²) in [4.78, 5) is -0.178. The Balaban J connectivity index is 0.000000328. The van der Waals surface area contributed by atoms with Crippen molar-refractivity contribution < 1.29 is 38.9 Å². The van der Waals surface area contributed by atoms with Crippen LogP contribution < -0.4 is 25.9 Å². The van der Waals surface area contributed by atoms with Gasteiger partial charge in [-0.05, 0) is 61.9 Å². The molecule has 6 heteroatoms. The van der Waals surface area contributed by atoms with Crippen LogP contribution in [0.2, 0.25) is 0 Å². The Kier molecular flexibility index (Phi) is 14.0. The molecule has 0 unspecified atom stereocenters. The summed E-state index contributed by atoms with van der Waals surface area (Å²) in [6.07, 6.45) is 10.7. The topological polar surface area (TPSA) is 66.4 Å². The molecular weight excluding hydrogens is 571 g/mol. The lowest BCUT2D eigenvalue weighted by atomic mass is 10.1. The largest absolute Gasteiger partial charge is 0.744 e. The molecule has 4 nitrogen and oxygen atoms in total. The van der Waals surface area contributed by atoms with Crippen LogP contribution in [-0.2, 0) is 10.1 Å². The van der Waals surface area contributed by atoms with Crippen molar-refractivity contribution in [1.82, 2.24) is 0 Å². The maximum atomic E-state index is 10.4. The van der Waals surface area contributed by atoms with Crippen molar-refractivity contribution in [3.63, 3.8) is 0 Å². The molecular formula is C29H37IO4S. The fourth-order valence-corrected chi connectivity index (χ4v) is 6.01. The Hall–Kier alpha value is -1.90. The summed E-state index contributed by atoms with van der Waals surface area (Å²) in [5.41, 5.74) is 0.928. The first-order chi connectivity index (χ1) is 16.9. The maximum Gasteiger partial charge on any atom is 0.357 e. The van der Waals surface area contributed by atoms with E-state index in [4.69, 9.17) is 4.74 Å². The van der Waals surface area contributed by atoms with Crippen LogP contribution >= 0.6 is 0 Å². The molecule has 0 heterocycles. The first kappa shape index (κ1) is 29.3. The van der Waals surface area contributed by atoms with Gasteiger partial charge in [-0.1, -0.05) is 87.8 Å². The van der Waals surface area contributed by atoms with Crippen molar-refractivity contribution in [3.8, 4) is 5.75 Å². The van der Waals surface area contributed by atoms with E-state index in [-0.39, 0.29) is 26.1 Å². The van der Waals surface area contributed by atoms with Gasteiger partial charge in [-0.25, -0.2) is 8.42 Å². The third kappa shape index (κ3) is 13.1. The molecule has 3 aromatic rings. The number of aryl methyl sites for hydroxylation is 1. The van der Waals surface area contributed by atoms with E-state index in [0.29, 0.717) is 0 Å². The Morgan fingerprint density at radius 3 is 1.83 bits per heavy atom. The average molecular weight is 609 g/mol. The lowest BCUT2D eigenvalue weighted by Crippen LogP contribution is -3.61. The second-order valence-corrected chi connectivity index (χ2v) is 12.8. The third-order valence-corrected chi connectivity index (χ3v) is 8.87. The van der Waals surface area contributed by atoms with Gasteiger partial charge in [-0.2, -0.15) is 0 Å². The van der Waals surface area contributed by atoms with E-state index >= 15 is 0 Å². The van der Waals surface area contributed by atoms with Gasteiger partial charge in [0.15, 0.2) is 7.14 Å².